The van der Waals surface area contributed by atoms with Crippen LogP contribution in [0.3, 0.4) is 0 Å². The summed E-state index contributed by atoms with van der Waals surface area (Å²) in [4.78, 5) is 4.37. The summed E-state index contributed by atoms with van der Waals surface area (Å²) in [6, 6.07) is 6.02. The van der Waals surface area contributed by atoms with Crippen LogP contribution in [0.5, 0.6) is 5.75 Å². The van der Waals surface area contributed by atoms with Crippen LogP contribution < -0.4 is 4.74 Å². The normalized spacial score (nSPS) is 18.1. The lowest BCUT2D eigenvalue weighted by Crippen LogP contribution is -2.09. The molecule has 1 aliphatic carbocycles. The lowest BCUT2D eigenvalue weighted by atomic mass is 9.89. The molecule has 3 nitrogen and oxygen atoms in total. The minimum atomic E-state index is -0.339. The Morgan fingerprint density at radius 2 is 2.37 bits per heavy atom. The van der Waals surface area contributed by atoms with E-state index in [-0.39, 0.29) is 6.10 Å². The highest BCUT2D eigenvalue weighted by atomic mass is 32.1. The minimum absolute atomic E-state index is 0.339. The molecule has 0 amide bonds. The minimum Gasteiger partial charge on any atom is -0.487 e. The quantitative estimate of drug-likeness (QED) is 0.933. The Balaban J connectivity index is 1.73. The molecule has 2 aromatic rings. The summed E-state index contributed by atoms with van der Waals surface area (Å²) in [6.07, 6.45) is 2.63. The zero-order valence-electron chi connectivity index (χ0n) is 10.9. The molecule has 100 valence electrons. The van der Waals surface area contributed by atoms with Crippen molar-refractivity contribution in [1.29, 1.82) is 0 Å². The van der Waals surface area contributed by atoms with Crippen molar-refractivity contribution in [1.82, 2.24) is 4.98 Å². The molecule has 1 aromatic carbocycles. The number of hydrogen-bond acceptors (Lipinski definition) is 4. The van der Waals surface area contributed by atoms with Crippen molar-refractivity contribution in [2.45, 2.75) is 38.9 Å². The van der Waals surface area contributed by atoms with Crippen molar-refractivity contribution in [2.75, 3.05) is 0 Å². The van der Waals surface area contributed by atoms with E-state index in [1.807, 2.05) is 24.4 Å². The van der Waals surface area contributed by atoms with Gasteiger partial charge in [0.05, 0.1) is 16.8 Å². The van der Waals surface area contributed by atoms with Gasteiger partial charge in [0.15, 0.2) is 0 Å². The average Bonchev–Trinajstić information content (AvgIpc) is 2.83. The molecule has 0 radical (unpaired) electrons. The van der Waals surface area contributed by atoms with Crippen LogP contribution in [0.25, 0.3) is 0 Å². The third-order valence-corrected chi connectivity index (χ3v) is 4.28. The maximum absolute atomic E-state index is 10.0. The van der Waals surface area contributed by atoms with Crippen molar-refractivity contribution in [3.05, 3.63) is 45.4 Å². The molecular formula is C15H17NO2S. The number of rotatable bonds is 3. The Morgan fingerprint density at radius 1 is 1.47 bits per heavy atom. The van der Waals surface area contributed by atoms with Gasteiger partial charge in [-0.05, 0) is 49.4 Å². The Bertz CT molecular complexity index is 579. The summed E-state index contributed by atoms with van der Waals surface area (Å²) in [6.45, 7) is 2.47. The summed E-state index contributed by atoms with van der Waals surface area (Å²) in [7, 11) is 0. The van der Waals surface area contributed by atoms with Crippen LogP contribution >= 0.6 is 11.3 Å². The molecule has 1 aliphatic rings. The molecule has 0 aliphatic heterocycles. The predicted octanol–water partition coefficient (Wildman–Crippen LogP) is 3.40. The maximum atomic E-state index is 10.0. The Hall–Kier alpha value is -1.39. The van der Waals surface area contributed by atoms with E-state index in [0.717, 1.165) is 41.3 Å². The third kappa shape index (κ3) is 2.80. The standard InChI is InChI=1S/C15H17NO2S/c1-10-16-12(9-19-10)8-18-13-6-5-11-3-2-4-15(17)14(11)7-13/h5-7,9,15,17H,2-4,8H2,1H3. The molecule has 4 heteroatoms. The van der Waals surface area contributed by atoms with Crippen molar-refractivity contribution in [2.24, 2.45) is 0 Å². The first-order chi connectivity index (χ1) is 9.22. The van der Waals surface area contributed by atoms with Gasteiger partial charge in [-0.3, -0.25) is 0 Å². The first-order valence-corrected chi connectivity index (χ1v) is 7.45. The molecule has 1 heterocycles. The van der Waals surface area contributed by atoms with E-state index in [4.69, 9.17) is 4.74 Å². The topological polar surface area (TPSA) is 42.4 Å². The van der Waals surface area contributed by atoms with Gasteiger partial charge in [-0.25, -0.2) is 4.98 Å². The molecule has 1 N–H and O–H groups in total. The average molecular weight is 275 g/mol. The Kier molecular flexibility index (Phi) is 3.53. The highest BCUT2D eigenvalue weighted by Gasteiger charge is 2.18. The number of aromatic nitrogens is 1. The molecular weight excluding hydrogens is 258 g/mol. The van der Waals surface area contributed by atoms with Gasteiger partial charge in [0.1, 0.15) is 12.4 Å². The van der Waals surface area contributed by atoms with Crippen LogP contribution in [0.1, 0.15) is 40.8 Å². The second kappa shape index (κ2) is 5.31. The predicted molar refractivity (Wildman–Crippen MR) is 75.5 cm³/mol. The highest BCUT2D eigenvalue weighted by Crippen LogP contribution is 2.32. The van der Waals surface area contributed by atoms with Crippen molar-refractivity contribution in [3.8, 4) is 5.75 Å². The van der Waals surface area contributed by atoms with Crippen molar-refractivity contribution >= 4 is 11.3 Å². The summed E-state index contributed by atoms with van der Waals surface area (Å²) in [5.41, 5.74) is 3.23. The largest absolute Gasteiger partial charge is 0.487 e. The van der Waals surface area contributed by atoms with E-state index < -0.39 is 0 Å². The first-order valence-electron chi connectivity index (χ1n) is 6.57. The summed E-state index contributed by atoms with van der Waals surface area (Å²) in [5.74, 6) is 0.811. The van der Waals surface area contributed by atoms with Crippen LogP contribution in [0, 0.1) is 6.92 Å². The molecule has 3 rings (SSSR count). The molecule has 0 fully saturated rings. The lowest BCUT2D eigenvalue weighted by Gasteiger charge is -2.21. The van der Waals surface area contributed by atoms with E-state index in [1.54, 1.807) is 11.3 Å². The van der Waals surface area contributed by atoms with Gasteiger partial charge >= 0.3 is 0 Å². The zero-order valence-corrected chi connectivity index (χ0v) is 11.7. The Morgan fingerprint density at radius 3 is 3.16 bits per heavy atom. The number of thiazole rings is 1. The molecule has 0 spiro atoms. The molecule has 1 aromatic heterocycles. The number of aliphatic hydroxyl groups excluding tert-OH is 1. The zero-order chi connectivity index (χ0) is 13.2. The van der Waals surface area contributed by atoms with Gasteiger partial charge in [-0.1, -0.05) is 6.07 Å². The first kappa shape index (κ1) is 12.6. The van der Waals surface area contributed by atoms with E-state index in [0.29, 0.717) is 6.61 Å². The van der Waals surface area contributed by atoms with E-state index in [9.17, 15) is 5.11 Å². The fourth-order valence-corrected chi connectivity index (χ4v) is 3.07. The van der Waals surface area contributed by atoms with Crippen molar-refractivity contribution < 1.29 is 9.84 Å². The van der Waals surface area contributed by atoms with Crippen LogP contribution in [0.4, 0.5) is 0 Å². The highest BCUT2D eigenvalue weighted by molar-refractivity contribution is 7.09. The van der Waals surface area contributed by atoms with E-state index >= 15 is 0 Å². The summed E-state index contributed by atoms with van der Waals surface area (Å²) < 4.78 is 5.75. The number of aliphatic hydroxyl groups is 1. The lowest BCUT2D eigenvalue weighted by molar-refractivity contribution is 0.156. The van der Waals surface area contributed by atoms with Crippen LogP contribution in [0.15, 0.2) is 23.6 Å². The third-order valence-electron chi connectivity index (χ3n) is 3.45. The molecule has 1 unspecified atom stereocenters. The number of fused-ring (bicyclic) bond motifs is 1. The second-order valence-corrected chi connectivity index (χ2v) is 5.98. The van der Waals surface area contributed by atoms with Crippen LogP contribution in [-0.2, 0) is 13.0 Å². The molecule has 0 bridgehead atoms. The number of ether oxygens (including phenoxy) is 1. The molecule has 1 atom stereocenters. The molecule has 0 saturated heterocycles. The molecule has 19 heavy (non-hydrogen) atoms. The van der Waals surface area contributed by atoms with Gasteiger partial charge in [0.2, 0.25) is 0 Å². The van der Waals surface area contributed by atoms with Gasteiger partial charge in [-0.15, -0.1) is 11.3 Å². The number of benzene rings is 1. The van der Waals surface area contributed by atoms with Crippen molar-refractivity contribution in [3.63, 3.8) is 0 Å². The van der Waals surface area contributed by atoms with Gasteiger partial charge < -0.3 is 9.84 Å². The fourth-order valence-electron chi connectivity index (χ4n) is 2.47. The van der Waals surface area contributed by atoms with Crippen LogP contribution in [-0.4, -0.2) is 10.1 Å². The van der Waals surface area contributed by atoms with Crippen LogP contribution in [0.2, 0.25) is 0 Å². The smallest absolute Gasteiger partial charge is 0.131 e. The molecule has 0 saturated carbocycles. The SMILES string of the molecule is Cc1nc(COc2ccc3c(c2)C(O)CCC3)cs1. The van der Waals surface area contributed by atoms with E-state index in [2.05, 4.69) is 11.1 Å². The monoisotopic (exact) mass is 275 g/mol. The fraction of sp³-hybridized carbons (Fsp3) is 0.400. The van der Waals surface area contributed by atoms with Gasteiger partial charge in [0.25, 0.3) is 0 Å². The maximum Gasteiger partial charge on any atom is 0.131 e. The number of aryl methyl sites for hydroxylation is 2. The number of hydrogen-bond donors (Lipinski definition) is 1. The summed E-state index contributed by atoms with van der Waals surface area (Å²) in [5, 5.41) is 13.1. The Labute approximate surface area is 116 Å². The van der Waals surface area contributed by atoms with Gasteiger partial charge in [-0.2, -0.15) is 0 Å². The summed E-state index contributed by atoms with van der Waals surface area (Å²) >= 11 is 1.63. The van der Waals surface area contributed by atoms with Gasteiger partial charge in [0, 0.05) is 5.38 Å². The second-order valence-electron chi connectivity index (χ2n) is 4.92. The van der Waals surface area contributed by atoms with E-state index in [1.165, 1.54) is 5.56 Å². The number of nitrogens with zero attached hydrogens (tertiary/aromatic N) is 1.